The third kappa shape index (κ3) is 4.56. The first kappa shape index (κ1) is 17.8. The van der Waals surface area contributed by atoms with Crippen LogP contribution in [0.3, 0.4) is 0 Å². The fraction of sp³-hybridized carbons (Fsp3) is 0.190. The van der Waals surface area contributed by atoms with Gasteiger partial charge < -0.3 is 15.5 Å². The molecule has 0 radical (unpaired) electrons. The van der Waals surface area contributed by atoms with Crippen molar-refractivity contribution in [3.05, 3.63) is 66.7 Å². The fourth-order valence-electron chi connectivity index (χ4n) is 3.14. The number of carbonyl (C=O) groups excluding carboxylic acids is 1. The van der Waals surface area contributed by atoms with Gasteiger partial charge in [0.2, 0.25) is 0 Å². The molecular weight excluding hydrogens is 352 g/mol. The molecule has 0 unspecified atom stereocenters. The molecule has 0 aliphatic carbocycles. The number of amides is 2. The Morgan fingerprint density at radius 2 is 1.43 bits per heavy atom. The maximum Gasteiger partial charge on any atom is 0.324 e. The first-order chi connectivity index (χ1) is 13.8. The van der Waals surface area contributed by atoms with Crippen LogP contribution in [0.4, 0.5) is 33.5 Å². The molecule has 7 heteroatoms. The van der Waals surface area contributed by atoms with Gasteiger partial charge in [0.25, 0.3) is 0 Å². The number of hydrogen-bond acceptors (Lipinski definition) is 5. The first-order valence-corrected chi connectivity index (χ1v) is 9.35. The minimum absolute atomic E-state index is 0.362. The lowest BCUT2D eigenvalue weighted by atomic mass is 10.2. The maximum atomic E-state index is 12.0. The summed E-state index contributed by atoms with van der Waals surface area (Å²) in [5.41, 5.74) is 2.90. The van der Waals surface area contributed by atoms with E-state index in [1.54, 1.807) is 12.1 Å². The molecule has 3 aromatic rings. The van der Waals surface area contributed by atoms with E-state index in [0.717, 1.165) is 18.8 Å². The van der Waals surface area contributed by atoms with Crippen molar-refractivity contribution in [2.45, 2.75) is 12.8 Å². The van der Waals surface area contributed by atoms with Crippen molar-refractivity contribution in [1.29, 1.82) is 0 Å². The van der Waals surface area contributed by atoms with Crippen molar-refractivity contribution in [1.82, 2.24) is 10.2 Å². The second-order valence-electron chi connectivity index (χ2n) is 6.61. The minimum atomic E-state index is -0.362. The number of carbonyl (C=O) groups is 1. The van der Waals surface area contributed by atoms with Crippen LogP contribution in [0.2, 0.25) is 0 Å². The van der Waals surface area contributed by atoms with Crippen LogP contribution >= 0.6 is 0 Å². The molecule has 0 bridgehead atoms. The van der Waals surface area contributed by atoms with Crippen LogP contribution in [0, 0.1) is 0 Å². The van der Waals surface area contributed by atoms with Crippen LogP contribution in [-0.2, 0) is 0 Å². The summed E-state index contributed by atoms with van der Waals surface area (Å²) in [5.74, 6) is 0.992. The normalized spacial score (nSPS) is 13.2. The zero-order valence-corrected chi connectivity index (χ0v) is 15.4. The summed E-state index contributed by atoms with van der Waals surface area (Å²) >= 11 is 0. The third-order valence-electron chi connectivity index (χ3n) is 4.55. The van der Waals surface area contributed by atoms with Crippen LogP contribution in [0.1, 0.15) is 12.8 Å². The van der Waals surface area contributed by atoms with Gasteiger partial charge in [-0.1, -0.05) is 18.2 Å². The van der Waals surface area contributed by atoms with Crippen LogP contribution in [0.5, 0.6) is 0 Å². The molecule has 0 saturated carbocycles. The summed E-state index contributed by atoms with van der Waals surface area (Å²) in [5, 5.41) is 16.8. The van der Waals surface area contributed by atoms with Crippen LogP contribution < -0.4 is 20.9 Å². The molecule has 0 spiro atoms. The van der Waals surface area contributed by atoms with Crippen molar-refractivity contribution in [3.63, 3.8) is 0 Å². The summed E-state index contributed by atoms with van der Waals surface area (Å²) in [6.45, 7) is 2.26. The maximum absolute atomic E-state index is 12.0. The number of hydrogen-bond donors (Lipinski definition) is 3. The number of urea groups is 1. The Bertz CT molecular complexity index is 906. The predicted octanol–water partition coefficient (Wildman–Crippen LogP) is 4.46. The van der Waals surface area contributed by atoms with E-state index >= 15 is 0 Å². The lowest BCUT2D eigenvalue weighted by Crippen LogP contribution is -2.20. The van der Waals surface area contributed by atoms with Gasteiger partial charge in [0.1, 0.15) is 0 Å². The number of para-hydroxylation sites is 1. The number of benzene rings is 2. The van der Waals surface area contributed by atoms with E-state index < -0.39 is 0 Å². The van der Waals surface area contributed by atoms with E-state index in [0.29, 0.717) is 17.3 Å². The van der Waals surface area contributed by atoms with Gasteiger partial charge in [0.05, 0.1) is 0 Å². The molecule has 0 atom stereocenters. The molecular formula is C21H22N6O. The molecule has 1 aliphatic heterocycles. The van der Waals surface area contributed by atoms with E-state index in [1.807, 2.05) is 42.5 Å². The quantitative estimate of drug-likeness (QED) is 0.614. The second-order valence-corrected chi connectivity index (χ2v) is 6.61. The van der Waals surface area contributed by atoms with E-state index in [4.69, 9.17) is 0 Å². The molecule has 4 rings (SSSR count). The molecule has 142 valence electrons. The van der Waals surface area contributed by atoms with E-state index in [9.17, 15) is 4.79 Å². The largest absolute Gasteiger partial charge is 0.372 e. The molecule has 2 aromatic carbocycles. The molecule has 28 heavy (non-hydrogen) atoms. The van der Waals surface area contributed by atoms with Gasteiger partial charge in [0.15, 0.2) is 11.6 Å². The third-order valence-corrected chi connectivity index (χ3v) is 4.55. The molecule has 1 saturated heterocycles. The number of rotatable bonds is 5. The summed E-state index contributed by atoms with van der Waals surface area (Å²) in [6.07, 6.45) is 2.53. The van der Waals surface area contributed by atoms with Crippen molar-refractivity contribution >= 4 is 34.7 Å². The number of nitrogens with zero attached hydrogens (tertiary/aromatic N) is 3. The highest BCUT2D eigenvalue weighted by atomic mass is 16.2. The van der Waals surface area contributed by atoms with Crippen molar-refractivity contribution < 1.29 is 4.79 Å². The van der Waals surface area contributed by atoms with Gasteiger partial charge in [-0.05, 0) is 61.4 Å². The highest BCUT2D eigenvalue weighted by Crippen LogP contribution is 2.23. The summed E-state index contributed by atoms with van der Waals surface area (Å²) < 4.78 is 0. The summed E-state index contributed by atoms with van der Waals surface area (Å²) in [6, 6.07) is 20.7. The smallest absolute Gasteiger partial charge is 0.324 e. The molecule has 1 aromatic heterocycles. The molecule has 1 fully saturated rings. The Hall–Kier alpha value is -3.61. The number of anilines is 5. The Labute approximate surface area is 163 Å². The predicted molar refractivity (Wildman–Crippen MR) is 112 cm³/mol. The van der Waals surface area contributed by atoms with E-state index in [1.165, 1.54) is 18.5 Å². The highest BCUT2D eigenvalue weighted by molar-refractivity contribution is 5.99. The van der Waals surface area contributed by atoms with Crippen molar-refractivity contribution in [2.24, 2.45) is 0 Å². The van der Waals surface area contributed by atoms with Crippen molar-refractivity contribution in [3.8, 4) is 0 Å². The fourth-order valence-corrected chi connectivity index (χ4v) is 3.14. The average molecular weight is 374 g/mol. The lowest BCUT2D eigenvalue weighted by molar-refractivity contribution is 0.262. The topological polar surface area (TPSA) is 82.2 Å². The first-order valence-electron chi connectivity index (χ1n) is 9.35. The van der Waals surface area contributed by atoms with Gasteiger partial charge in [-0.25, -0.2) is 4.79 Å². The molecule has 7 nitrogen and oxygen atoms in total. The molecule has 2 amide bonds. The monoisotopic (exact) mass is 374 g/mol. The van der Waals surface area contributed by atoms with Crippen LogP contribution in [0.25, 0.3) is 0 Å². The number of nitrogens with one attached hydrogen (secondary N) is 3. The van der Waals surface area contributed by atoms with Crippen LogP contribution in [0.15, 0.2) is 66.7 Å². The summed E-state index contributed by atoms with van der Waals surface area (Å²) in [4.78, 5) is 14.4. The average Bonchev–Trinajstić information content (AvgIpc) is 3.26. The Morgan fingerprint density at radius 1 is 0.750 bits per heavy atom. The zero-order chi connectivity index (χ0) is 19.2. The second kappa shape index (κ2) is 8.39. The van der Waals surface area contributed by atoms with E-state index in [2.05, 4.69) is 43.2 Å². The standard InChI is InChI=1S/C21H22N6O/c28-21(23-16-6-2-1-3-7-16)24-20-13-12-19(25-26-20)22-17-8-10-18(11-9-17)27-14-4-5-15-27/h1-3,6-13H,4-5,14-15H2,(H,22,25)(H2,23,24,26,28). The SMILES string of the molecule is O=C(Nc1ccccc1)Nc1ccc(Nc2ccc(N3CCCC3)cc2)nn1. The number of aromatic nitrogens is 2. The lowest BCUT2D eigenvalue weighted by Gasteiger charge is -2.17. The molecule has 1 aliphatic rings. The van der Waals surface area contributed by atoms with Gasteiger partial charge >= 0.3 is 6.03 Å². The molecule has 2 heterocycles. The van der Waals surface area contributed by atoms with Gasteiger partial charge in [-0.2, -0.15) is 0 Å². The van der Waals surface area contributed by atoms with Gasteiger partial charge in [-0.3, -0.25) is 5.32 Å². The summed E-state index contributed by atoms with van der Waals surface area (Å²) in [7, 11) is 0. The Morgan fingerprint density at radius 3 is 2.11 bits per heavy atom. The highest BCUT2D eigenvalue weighted by Gasteiger charge is 2.11. The molecule has 3 N–H and O–H groups in total. The zero-order valence-electron chi connectivity index (χ0n) is 15.4. The Kier molecular flexibility index (Phi) is 5.33. The van der Waals surface area contributed by atoms with Gasteiger partial charge in [-0.15, -0.1) is 10.2 Å². The van der Waals surface area contributed by atoms with Crippen molar-refractivity contribution in [2.75, 3.05) is 33.9 Å². The Balaban J connectivity index is 1.32. The minimum Gasteiger partial charge on any atom is -0.372 e. The van der Waals surface area contributed by atoms with Gasteiger partial charge in [0, 0.05) is 30.2 Å². The van der Waals surface area contributed by atoms with E-state index in [-0.39, 0.29) is 6.03 Å². The van der Waals surface area contributed by atoms with Crippen LogP contribution in [-0.4, -0.2) is 29.3 Å².